The second kappa shape index (κ2) is 5.03. The van der Waals surface area contributed by atoms with Gasteiger partial charge in [-0.1, -0.05) is 0 Å². The number of alkyl carbamates (subject to hydrolysis) is 1. The Labute approximate surface area is 95.9 Å². The molecule has 0 aromatic heterocycles. The highest BCUT2D eigenvalue weighted by Gasteiger charge is 2.28. The molecule has 1 saturated heterocycles. The Morgan fingerprint density at radius 3 is 2.60 bits per heavy atom. The number of rotatable bonds is 3. The number of carbonyl (C=O) groups excluding carboxylic acids is 1. The molecule has 0 unspecified atom stereocenters. The summed E-state index contributed by atoms with van der Waals surface area (Å²) < 4.78 is 5.14. The van der Waals surface area contributed by atoms with Crippen LogP contribution < -0.4 is 5.32 Å². The highest BCUT2D eigenvalue weighted by molar-refractivity contribution is 6.18. The molecular formula is C10H19ClN2O2. The van der Waals surface area contributed by atoms with Crippen molar-refractivity contribution in [2.45, 2.75) is 32.4 Å². The number of likely N-dealkylation sites (tertiary alicyclic amines) is 1. The number of hydrogen-bond acceptors (Lipinski definition) is 3. The van der Waals surface area contributed by atoms with Gasteiger partial charge in [0.2, 0.25) is 0 Å². The van der Waals surface area contributed by atoms with Crippen LogP contribution in [0.1, 0.15) is 20.8 Å². The standard InChI is InChI=1S/C10H19ClN2O2/c1-10(2,3)15-9(14)12-8-6-13(7-8)5-4-11/h8H,4-7H2,1-3H3,(H,12,14). The van der Waals surface area contributed by atoms with Gasteiger partial charge in [-0.3, -0.25) is 4.90 Å². The van der Waals surface area contributed by atoms with Crippen LogP contribution in [0.25, 0.3) is 0 Å². The van der Waals surface area contributed by atoms with E-state index in [1.807, 2.05) is 20.8 Å². The van der Waals surface area contributed by atoms with E-state index in [4.69, 9.17) is 16.3 Å². The lowest BCUT2D eigenvalue weighted by atomic mass is 10.1. The third-order valence-corrected chi connectivity index (χ3v) is 2.25. The molecule has 0 atom stereocenters. The second-order valence-corrected chi connectivity index (χ2v) is 5.17. The third kappa shape index (κ3) is 4.71. The zero-order valence-electron chi connectivity index (χ0n) is 9.55. The molecule has 0 aromatic rings. The van der Waals surface area contributed by atoms with Crippen LogP contribution in [-0.2, 0) is 4.74 Å². The predicted octanol–water partition coefficient (Wildman–Crippen LogP) is 1.43. The first-order chi connectivity index (χ1) is 6.90. The van der Waals surface area contributed by atoms with Gasteiger partial charge in [0.1, 0.15) is 5.60 Å². The molecule has 1 amide bonds. The zero-order valence-corrected chi connectivity index (χ0v) is 10.3. The first-order valence-electron chi connectivity index (χ1n) is 5.18. The first-order valence-corrected chi connectivity index (χ1v) is 5.72. The Morgan fingerprint density at radius 1 is 1.53 bits per heavy atom. The highest BCUT2D eigenvalue weighted by Crippen LogP contribution is 2.10. The summed E-state index contributed by atoms with van der Waals surface area (Å²) in [5, 5.41) is 2.82. The zero-order chi connectivity index (χ0) is 11.5. The third-order valence-electron chi connectivity index (χ3n) is 2.08. The molecule has 15 heavy (non-hydrogen) atoms. The van der Waals surface area contributed by atoms with Crippen molar-refractivity contribution in [1.82, 2.24) is 10.2 Å². The van der Waals surface area contributed by atoms with Gasteiger partial charge < -0.3 is 10.1 Å². The molecule has 1 rings (SSSR count). The van der Waals surface area contributed by atoms with Gasteiger partial charge in [0.25, 0.3) is 0 Å². The van der Waals surface area contributed by atoms with Gasteiger partial charge in [-0.2, -0.15) is 0 Å². The fraction of sp³-hybridized carbons (Fsp3) is 0.900. The van der Waals surface area contributed by atoms with E-state index in [1.165, 1.54) is 0 Å². The lowest BCUT2D eigenvalue weighted by Crippen LogP contribution is -2.60. The van der Waals surface area contributed by atoms with Gasteiger partial charge in [0, 0.05) is 25.5 Å². The molecule has 1 aliphatic rings. The van der Waals surface area contributed by atoms with E-state index >= 15 is 0 Å². The van der Waals surface area contributed by atoms with Crippen LogP contribution in [0.4, 0.5) is 4.79 Å². The molecule has 4 nitrogen and oxygen atoms in total. The van der Waals surface area contributed by atoms with E-state index in [1.54, 1.807) is 0 Å². The number of nitrogens with zero attached hydrogens (tertiary/aromatic N) is 1. The molecule has 1 fully saturated rings. The number of halogens is 1. The van der Waals surface area contributed by atoms with Crippen LogP contribution in [0, 0.1) is 0 Å². The molecule has 5 heteroatoms. The smallest absolute Gasteiger partial charge is 0.407 e. The van der Waals surface area contributed by atoms with Gasteiger partial charge in [-0.05, 0) is 20.8 Å². The number of hydrogen-bond donors (Lipinski definition) is 1. The van der Waals surface area contributed by atoms with Crippen LogP contribution in [0.5, 0.6) is 0 Å². The summed E-state index contributed by atoms with van der Waals surface area (Å²) in [6.07, 6.45) is -0.335. The monoisotopic (exact) mass is 234 g/mol. The van der Waals surface area contributed by atoms with Gasteiger partial charge in [-0.25, -0.2) is 4.79 Å². The van der Waals surface area contributed by atoms with Gasteiger partial charge in [0.15, 0.2) is 0 Å². The van der Waals surface area contributed by atoms with E-state index in [0.29, 0.717) is 5.88 Å². The average molecular weight is 235 g/mol. The van der Waals surface area contributed by atoms with Crippen molar-refractivity contribution in [1.29, 1.82) is 0 Å². The van der Waals surface area contributed by atoms with Crippen LogP contribution in [-0.4, -0.2) is 48.2 Å². The van der Waals surface area contributed by atoms with Crippen molar-refractivity contribution in [3.05, 3.63) is 0 Å². The lowest BCUT2D eigenvalue weighted by Gasteiger charge is -2.39. The van der Waals surface area contributed by atoms with Gasteiger partial charge in [0.05, 0.1) is 6.04 Å². The fourth-order valence-corrected chi connectivity index (χ4v) is 1.68. The quantitative estimate of drug-likeness (QED) is 0.752. The molecule has 0 saturated carbocycles. The Morgan fingerprint density at radius 2 is 2.13 bits per heavy atom. The minimum Gasteiger partial charge on any atom is -0.444 e. The van der Waals surface area contributed by atoms with Crippen molar-refractivity contribution < 1.29 is 9.53 Å². The van der Waals surface area contributed by atoms with Gasteiger partial charge in [-0.15, -0.1) is 11.6 Å². The van der Waals surface area contributed by atoms with Gasteiger partial charge >= 0.3 is 6.09 Å². The normalized spacial score (nSPS) is 18.4. The van der Waals surface area contributed by atoms with Crippen LogP contribution in [0.3, 0.4) is 0 Å². The number of amides is 1. The van der Waals surface area contributed by atoms with Crippen molar-refractivity contribution in [2.75, 3.05) is 25.5 Å². The Kier molecular flexibility index (Phi) is 4.22. The second-order valence-electron chi connectivity index (χ2n) is 4.79. The minimum atomic E-state index is -0.427. The van der Waals surface area contributed by atoms with Crippen LogP contribution >= 0.6 is 11.6 Å². The molecule has 0 aliphatic carbocycles. The Balaban J connectivity index is 2.14. The number of nitrogens with one attached hydrogen (secondary N) is 1. The number of alkyl halides is 1. The molecule has 1 aliphatic heterocycles. The number of ether oxygens (including phenoxy) is 1. The maximum Gasteiger partial charge on any atom is 0.407 e. The Bertz CT molecular complexity index is 222. The summed E-state index contributed by atoms with van der Waals surface area (Å²) in [4.78, 5) is 13.5. The summed E-state index contributed by atoms with van der Waals surface area (Å²) in [7, 11) is 0. The summed E-state index contributed by atoms with van der Waals surface area (Å²) in [5.74, 6) is 0.638. The molecular weight excluding hydrogens is 216 g/mol. The van der Waals surface area contributed by atoms with E-state index in [9.17, 15) is 4.79 Å². The summed E-state index contributed by atoms with van der Waals surface area (Å²) in [6, 6.07) is 0.211. The topological polar surface area (TPSA) is 41.6 Å². The molecule has 0 aromatic carbocycles. The summed E-state index contributed by atoms with van der Waals surface area (Å²) in [6.45, 7) is 8.18. The molecule has 1 heterocycles. The van der Waals surface area contributed by atoms with E-state index in [2.05, 4.69) is 10.2 Å². The highest BCUT2D eigenvalue weighted by atomic mass is 35.5. The molecule has 0 spiro atoms. The van der Waals surface area contributed by atoms with Crippen molar-refractivity contribution >= 4 is 17.7 Å². The largest absolute Gasteiger partial charge is 0.444 e. The minimum absolute atomic E-state index is 0.211. The molecule has 1 N–H and O–H groups in total. The Hall–Kier alpha value is -0.480. The van der Waals surface area contributed by atoms with Crippen molar-refractivity contribution in [2.24, 2.45) is 0 Å². The lowest BCUT2D eigenvalue weighted by molar-refractivity contribution is 0.0409. The SMILES string of the molecule is CC(C)(C)OC(=O)NC1CN(CCCl)C1. The van der Waals surface area contributed by atoms with E-state index < -0.39 is 5.60 Å². The fourth-order valence-electron chi connectivity index (χ4n) is 1.44. The molecule has 88 valence electrons. The molecule has 0 radical (unpaired) electrons. The van der Waals surface area contributed by atoms with Crippen molar-refractivity contribution in [3.8, 4) is 0 Å². The summed E-state index contributed by atoms with van der Waals surface area (Å²) in [5.41, 5.74) is -0.427. The van der Waals surface area contributed by atoms with Crippen LogP contribution in [0.15, 0.2) is 0 Å². The maximum atomic E-state index is 11.3. The number of carbonyl (C=O) groups is 1. The predicted molar refractivity (Wildman–Crippen MR) is 60.3 cm³/mol. The molecule has 0 bridgehead atoms. The van der Waals surface area contributed by atoms with Crippen molar-refractivity contribution in [3.63, 3.8) is 0 Å². The van der Waals surface area contributed by atoms with E-state index in [-0.39, 0.29) is 12.1 Å². The van der Waals surface area contributed by atoms with Crippen LogP contribution in [0.2, 0.25) is 0 Å². The maximum absolute atomic E-state index is 11.3. The summed E-state index contributed by atoms with van der Waals surface area (Å²) >= 11 is 5.60. The first kappa shape index (κ1) is 12.6. The average Bonchev–Trinajstić information content (AvgIpc) is 1.97. The van der Waals surface area contributed by atoms with E-state index in [0.717, 1.165) is 19.6 Å².